The van der Waals surface area contributed by atoms with Crippen LogP contribution in [0.15, 0.2) is 0 Å². The second-order valence-electron chi connectivity index (χ2n) is 7.24. The van der Waals surface area contributed by atoms with E-state index in [4.69, 9.17) is 21.1 Å². The van der Waals surface area contributed by atoms with Gasteiger partial charge in [0.1, 0.15) is 18.1 Å². The zero-order valence-corrected chi connectivity index (χ0v) is 16.8. The second kappa shape index (κ2) is 12.0. The SMILES string of the molecule is CC(C)C(N)C(=O)NC(CC(=O)O)C(=O)NC(C(=O)NC(CO)C(=O)O)C(C)C. The summed E-state index contributed by atoms with van der Waals surface area (Å²) in [6.07, 6.45) is -0.747. The highest BCUT2D eigenvalue weighted by atomic mass is 16.4. The van der Waals surface area contributed by atoms with Crippen molar-refractivity contribution in [3.63, 3.8) is 0 Å². The summed E-state index contributed by atoms with van der Waals surface area (Å²) in [5.41, 5.74) is 5.70. The largest absolute Gasteiger partial charge is 0.481 e. The molecule has 0 aromatic rings. The van der Waals surface area contributed by atoms with Crippen LogP contribution in [-0.4, -0.2) is 75.8 Å². The predicted octanol–water partition coefficient (Wildman–Crippen LogP) is -2.37. The molecule has 0 fully saturated rings. The molecule has 0 aromatic heterocycles. The predicted molar refractivity (Wildman–Crippen MR) is 100 cm³/mol. The van der Waals surface area contributed by atoms with Gasteiger partial charge in [0, 0.05) is 0 Å². The third-order valence-electron chi connectivity index (χ3n) is 4.08. The number of hydrogen-bond acceptors (Lipinski definition) is 7. The molecule has 29 heavy (non-hydrogen) atoms. The molecule has 8 N–H and O–H groups in total. The molecular weight excluding hydrogens is 388 g/mol. The lowest BCUT2D eigenvalue weighted by atomic mass is 10.0. The number of carbonyl (C=O) groups excluding carboxylic acids is 3. The molecule has 0 aliphatic rings. The minimum absolute atomic E-state index is 0.260. The first-order valence-electron chi connectivity index (χ1n) is 9.03. The maximum absolute atomic E-state index is 12.5. The zero-order chi connectivity index (χ0) is 22.9. The highest BCUT2D eigenvalue weighted by Crippen LogP contribution is 2.06. The van der Waals surface area contributed by atoms with Crippen LogP contribution in [0.25, 0.3) is 0 Å². The molecule has 12 heteroatoms. The van der Waals surface area contributed by atoms with Gasteiger partial charge in [-0.15, -0.1) is 0 Å². The van der Waals surface area contributed by atoms with Gasteiger partial charge in [0.2, 0.25) is 17.7 Å². The summed E-state index contributed by atoms with van der Waals surface area (Å²) in [4.78, 5) is 59.0. The number of carboxylic acid groups (broad SMARTS) is 2. The fraction of sp³-hybridized carbons (Fsp3) is 0.706. The van der Waals surface area contributed by atoms with Crippen molar-refractivity contribution in [1.82, 2.24) is 16.0 Å². The number of aliphatic hydroxyl groups is 1. The van der Waals surface area contributed by atoms with E-state index in [2.05, 4.69) is 16.0 Å². The molecule has 4 unspecified atom stereocenters. The lowest BCUT2D eigenvalue weighted by molar-refractivity contribution is -0.144. The van der Waals surface area contributed by atoms with Crippen molar-refractivity contribution >= 4 is 29.7 Å². The standard InChI is InChI=1S/C17H30N4O8/c1-7(2)12(18)15(26)19-9(5-11(23)24)14(25)21-13(8(3)4)16(27)20-10(6-22)17(28)29/h7-10,12-13,22H,5-6,18H2,1-4H3,(H,19,26)(H,20,27)(H,21,25)(H,23,24)(H,28,29). The summed E-state index contributed by atoms with van der Waals surface area (Å²) < 4.78 is 0. The average molecular weight is 418 g/mol. The molecule has 0 rings (SSSR count). The van der Waals surface area contributed by atoms with E-state index < -0.39 is 72.8 Å². The van der Waals surface area contributed by atoms with E-state index in [1.165, 1.54) is 0 Å². The van der Waals surface area contributed by atoms with Crippen molar-refractivity contribution < 1.29 is 39.3 Å². The Kier molecular flexibility index (Phi) is 10.8. The maximum atomic E-state index is 12.5. The molecule has 0 saturated heterocycles. The van der Waals surface area contributed by atoms with Gasteiger partial charge in [0.05, 0.1) is 19.1 Å². The second-order valence-corrected chi connectivity index (χ2v) is 7.24. The molecule has 0 bridgehead atoms. The molecule has 3 amide bonds. The summed E-state index contributed by atoms with van der Waals surface area (Å²) in [7, 11) is 0. The van der Waals surface area contributed by atoms with E-state index in [9.17, 15) is 24.0 Å². The Morgan fingerprint density at radius 2 is 1.31 bits per heavy atom. The summed E-state index contributed by atoms with van der Waals surface area (Å²) in [5, 5.41) is 33.6. The van der Waals surface area contributed by atoms with Crippen LogP contribution in [0.5, 0.6) is 0 Å². The maximum Gasteiger partial charge on any atom is 0.328 e. The lowest BCUT2D eigenvalue weighted by Crippen LogP contribution is -2.59. The van der Waals surface area contributed by atoms with Crippen molar-refractivity contribution in [3.8, 4) is 0 Å². The van der Waals surface area contributed by atoms with Crippen molar-refractivity contribution in [3.05, 3.63) is 0 Å². The highest BCUT2D eigenvalue weighted by molar-refractivity contribution is 5.95. The number of aliphatic hydroxyl groups excluding tert-OH is 1. The minimum atomic E-state index is -1.57. The topological polar surface area (TPSA) is 208 Å². The smallest absolute Gasteiger partial charge is 0.328 e. The molecular formula is C17H30N4O8. The summed E-state index contributed by atoms with van der Waals surface area (Å²) >= 11 is 0. The monoisotopic (exact) mass is 418 g/mol. The highest BCUT2D eigenvalue weighted by Gasteiger charge is 2.32. The Morgan fingerprint density at radius 1 is 0.793 bits per heavy atom. The number of nitrogens with two attached hydrogens (primary N) is 1. The summed E-state index contributed by atoms with van der Waals surface area (Å²) in [6.45, 7) is 5.63. The summed E-state index contributed by atoms with van der Waals surface area (Å²) in [5.74, 6) is -6.14. The molecule has 0 radical (unpaired) electrons. The van der Waals surface area contributed by atoms with Gasteiger partial charge < -0.3 is 37.0 Å². The van der Waals surface area contributed by atoms with Gasteiger partial charge in [-0.1, -0.05) is 27.7 Å². The van der Waals surface area contributed by atoms with E-state index in [1.54, 1.807) is 27.7 Å². The number of carboxylic acids is 2. The van der Waals surface area contributed by atoms with Crippen molar-refractivity contribution in [1.29, 1.82) is 0 Å². The van der Waals surface area contributed by atoms with Gasteiger partial charge in [-0.25, -0.2) is 4.79 Å². The van der Waals surface area contributed by atoms with Crippen LogP contribution in [0.2, 0.25) is 0 Å². The number of amides is 3. The molecule has 0 heterocycles. The van der Waals surface area contributed by atoms with Crippen molar-refractivity contribution in [2.75, 3.05) is 6.61 Å². The van der Waals surface area contributed by atoms with Crippen LogP contribution in [0.3, 0.4) is 0 Å². The van der Waals surface area contributed by atoms with Gasteiger partial charge in [-0.3, -0.25) is 19.2 Å². The molecule has 0 aromatic carbocycles. The Morgan fingerprint density at radius 3 is 1.69 bits per heavy atom. The molecule has 166 valence electrons. The molecule has 0 aliphatic heterocycles. The fourth-order valence-electron chi connectivity index (χ4n) is 2.19. The molecule has 12 nitrogen and oxygen atoms in total. The molecule has 0 aliphatic carbocycles. The lowest BCUT2D eigenvalue weighted by Gasteiger charge is -2.26. The van der Waals surface area contributed by atoms with Crippen molar-refractivity contribution in [2.45, 2.75) is 58.3 Å². The van der Waals surface area contributed by atoms with Crippen molar-refractivity contribution in [2.24, 2.45) is 17.6 Å². The van der Waals surface area contributed by atoms with Crippen LogP contribution in [0, 0.1) is 11.8 Å². The van der Waals surface area contributed by atoms with Crippen LogP contribution in [0.4, 0.5) is 0 Å². The first-order valence-corrected chi connectivity index (χ1v) is 9.03. The first-order chi connectivity index (χ1) is 13.3. The Bertz CT molecular complexity index is 623. The van der Waals surface area contributed by atoms with E-state index in [0.29, 0.717) is 0 Å². The first kappa shape index (κ1) is 26.3. The van der Waals surface area contributed by atoms with E-state index in [0.717, 1.165) is 0 Å². The van der Waals surface area contributed by atoms with E-state index >= 15 is 0 Å². The number of carbonyl (C=O) groups is 5. The van der Waals surface area contributed by atoms with Gasteiger partial charge >= 0.3 is 11.9 Å². The molecule has 4 atom stereocenters. The minimum Gasteiger partial charge on any atom is -0.481 e. The van der Waals surface area contributed by atoms with Crippen LogP contribution in [-0.2, 0) is 24.0 Å². The fourth-order valence-corrected chi connectivity index (χ4v) is 2.19. The average Bonchev–Trinajstić information content (AvgIpc) is 2.61. The Labute approximate surface area is 168 Å². The van der Waals surface area contributed by atoms with Gasteiger partial charge in [-0.05, 0) is 11.8 Å². The quantitative estimate of drug-likeness (QED) is 0.180. The Hall–Kier alpha value is -2.73. The zero-order valence-electron chi connectivity index (χ0n) is 16.8. The number of aliphatic carboxylic acids is 2. The van der Waals surface area contributed by atoms with E-state index in [1.807, 2.05) is 0 Å². The van der Waals surface area contributed by atoms with Crippen LogP contribution in [0.1, 0.15) is 34.1 Å². The van der Waals surface area contributed by atoms with Gasteiger partial charge in [0.25, 0.3) is 0 Å². The molecule has 0 spiro atoms. The van der Waals surface area contributed by atoms with E-state index in [-0.39, 0.29) is 5.92 Å². The third-order valence-corrected chi connectivity index (χ3v) is 4.08. The number of nitrogens with one attached hydrogen (secondary N) is 3. The van der Waals surface area contributed by atoms with Gasteiger partial charge in [0.15, 0.2) is 0 Å². The van der Waals surface area contributed by atoms with Crippen LogP contribution < -0.4 is 21.7 Å². The summed E-state index contributed by atoms with van der Waals surface area (Å²) in [6, 6.07) is -5.27. The normalized spacial score (nSPS) is 15.2. The Balaban J connectivity index is 5.38. The third kappa shape index (κ3) is 8.87. The molecule has 0 saturated carbocycles. The number of rotatable bonds is 12. The van der Waals surface area contributed by atoms with Gasteiger partial charge in [-0.2, -0.15) is 0 Å². The number of hydrogen-bond donors (Lipinski definition) is 7. The van der Waals surface area contributed by atoms with Crippen LogP contribution >= 0.6 is 0 Å².